The van der Waals surface area contributed by atoms with Gasteiger partial charge in [0.25, 0.3) is 0 Å². The summed E-state index contributed by atoms with van der Waals surface area (Å²) in [5.74, 6) is 0.512. The summed E-state index contributed by atoms with van der Waals surface area (Å²) < 4.78 is 0. The van der Waals surface area contributed by atoms with Crippen LogP contribution in [0.25, 0.3) is 0 Å². The number of rotatable bonds is 5. The number of aliphatic hydroxyl groups excluding tert-OH is 1. The lowest BCUT2D eigenvalue weighted by Gasteiger charge is -2.39. The molecule has 1 aromatic rings. The Bertz CT molecular complexity index is 435. The van der Waals surface area contributed by atoms with Gasteiger partial charge in [0.1, 0.15) is 0 Å². The number of likely N-dealkylation sites (tertiary alicyclic amines) is 1. The molecule has 0 aliphatic carbocycles. The molecular formula is C18H28ClNO. The molecule has 2 nitrogen and oxygen atoms in total. The van der Waals surface area contributed by atoms with Crippen LogP contribution < -0.4 is 0 Å². The summed E-state index contributed by atoms with van der Waals surface area (Å²) >= 11 is 5.99. The lowest BCUT2D eigenvalue weighted by molar-refractivity contribution is 0.0947. The SMILES string of the molecule is CC(CC(C)(C)c1ccc(Cl)cc1)N1CCC(CO)CC1. The Morgan fingerprint density at radius 1 is 1.24 bits per heavy atom. The molecule has 1 heterocycles. The molecule has 1 unspecified atom stereocenters. The fraction of sp³-hybridized carbons (Fsp3) is 0.667. The summed E-state index contributed by atoms with van der Waals surface area (Å²) in [7, 11) is 0. The van der Waals surface area contributed by atoms with Crippen molar-refractivity contribution in [2.24, 2.45) is 5.92 Å². The van der Waals surface area contributed by atoms with E-state index < -0.39 is 0 Å². The van der Waals surface area contributed by atoms with E-state index in [1.807, 2.05) is 12.1 Å². The summed E-state index contributed by atoms with van der Waals surface area (Å²) in [6, 6.07) is 8.82. The van der Waals surface area contributed by atoms with Crippen LogP contribution in [0.5, 0.6) is 0 Å². The molecule has 0 aromatic heterocycles. The third-order valence-electron chi connectivity index (χ3n) is 4.96. The topological polar surface area (TPSA) is 23.5 Å². The zero-order chi connectivity index (χ0) is 15.5. The molecule has 1 aliphatic heterocycles. The fourth-order valence-corrected chi connectivity index (χ4v) is 3.59. The van der Waals surface area contributed by atoms with E-state index in [4.69, 9.17) is 11.6 Å². The first-order valence-electron chi connectivity index (χ1n) is 8.03. The Morgan fingerprint density at radius 2 is 1.81 bits per heavy atom. The van der Waals surface area contributed by atoms with Gasteiger partial charge in [0, 0.05) is 17.7 Å². The summed E-state index contributed by atoms with van der Waals surface area (Å²) in [4.78, 5) is 2.57. The van der Waals surface area contributed by atoms with Crippen molar-refractivity contribution in [2.45, 2.75) is 51.5 Å². The molecule has 118 valence electrons. The van der Waals surface area contributed by atoms with E-state index in [0.717, 1.165) is 37.4 Å². The average Bonchev–Trinajstić information content (AvgIpc) is 2.47. The van der Waals surface area contributed by atoms with Crippen LogP contribution in [-0.4, -0.2) is 35.7 Å². The maximum atomic E-state index is 9.24. The van der Waals surface area contributed by atoms with Crippen LogP contribution in [0.15, 0.2) is 24.3 Å². The highest BCUT2D eigenvalue weighted by atomic mass is 35.5. The van der Waals surface area contributed by atoms with Gasteiger partial charge in [-0.15, -0.1) is 0 Å². The van der Waals surface area contributed by atoms with Crippen LogP contribution in [0, 0.1) is 5.92 Å². The lowest BCUT2D eigenvalue weighted by atomic mass is 9.79. The second kappa shape index (κ2) is 7.13. The predicted octanol–water partition coefficient (Wildman–Crippen LogP) is 4.10. The first-order valence-corrected chi connectivity index (χ1v) is 8.41. The number of aliphatic hydroxyl groups is 1. The van der Waals surface area contributed by atoms with Crippen molar-refractivity contribution >= 4 is 11.6 Å². The minimum Gasteiger partial charge on any atom is -0.396 e. The van der Waals surface area contributed by atoms with E-state index in [1.165, 1.54) is 5.56 Å². The van der Waals surface area contributed by atoms with Gasteiger partial charge < -0.3 is 10.0 Å². The highest BCUT2D eigenvalue weighted by Gasteiger charge is 2.28. The largest absolute Gasteiger partial charge is 0.396 e. The number of halogens is 1. The average molecular weight is 310 g/mol. The molecular weight excluding hydrogens is 282 g/mol. The Balaban J connectivity index is 1.95. The molecule has 1 aromatic carbocycles. The van der Waals surface area contributed by atoms with Crippen molar-refractivity contribution in [2.75, 3.05) is 19.7 Å². The summed E-state index contributed by atoms with van der Waals surface area (Å²) in [5, 5.41) is 10.0. The second-order valence-corrected chi connectivity index (χ2v) is 7.54. The van der Waals surface area contributed by atoms with Gasteiger partial charge in [-0.05, 0) is 68.3 Å². The number of piperidine rings is 1. The van der Waals surface area contributed by atoms with Crippen LogP contribution in [0.2, 0.25) is 5.02 Å². The Morgan fingerprint density at radius 3 is 2.33 bits per heavy atom. The standard InChI is InChI=1S/C18H28ClNO/c1-14(20-10-8-15(13-21)9-11-20)12-18(2,3)16-4-6-17(19)7-5-16/h4-7,14-15,21H,8-13H2,1-3H3. The third kappa shape index (κ3) is 4.45. The molecule has 1 atom stereocenters. The molecule has 2 rings (SSSR count). The van der Waals surface area contributed by atoms with Gasteiger partial charge in [0.15, 0.2) is 0 Å². The smallest absolute Gasteiger partial charge is 0.0460 e. The number of hydrogen-bond acceptors (Lipinski definition) is 2. The van der Waals surface area contributed by atoms with Crippen molar-refractivity contribution in [3.8, 4) is 0 Å². The first-order chi connectivity index (χ1) is 9.92. The minimum atomic E-state index is 0.151. The van der Waals surface area contributed by atoms with Gasteiger partial charge in [-0.25, -0.2) is 0 Å². The van der Waals surface area contributed by atoms with E-state index in [0.29, 0.717) is 18.6 Å². The van der Waals surface area contributed by atoms with Crippen LogP contribution in [0.1, 0.15) is 45.6 Å². The van der Waals surface area contributed by atoms with Gasteiger partial charge in [-0.1, -0.05) is 37.6 Å². The normalized spacial score (nSPS) is 19.7. The van der Waals surface area contributed by atoms with Crippen LogP contribution in [0.3, 0.4) is 0 Å². The van der Waals surface area contributed by atoms with Gasteiger partial charge in [-0.3, -0.25) is 0 Å². The molecule has 0 radical (unpaired) electrons. The highest BCUT2D eigenvalue weighted by Crippen LogP contribution is 2.31. The maximum Gasteiger partial charge on any atom is 0.0460 e. The van der Waals surface area contributed by atoms with Crippen LogP contribution in [0.4, 0.5) is 0 Å². The quantitative estimate of drug-likeness (QED) is 0.885. The molecule has 0 spiro atoms. The van der Waals surface area contributed by atoms with Crippen LogP contribution in [-0.2, 0) is 5.41 Å². The predicted molar refractivity (Wildman–Crippen MR) is 89.9 cm³/mol. The zero-order valence-corrected chi connectivity index (χ0v) is 14.2. The Hall–Kier alpha value is -0.570. The molecule has 1 N–H and O–H groups in total. The lowest BCUT2D eigenvalue weighted by Crippen LogP contribution is -2.43. The first kappa shape index (κ1) is 16.8. The third-order valence-corrected chi connectivity index (χ3v) is 5.21. The molecule has 0 saturated carbocycles. The molecule has 0 bridgehead atoms. The van der Waals surface area contributed by atoms with E-state index in [2.05, 4.69) is 37.8 Å². The molecule has 3 heteroatoms. The Kier molecular flexibility index (Phi) is 5.70. The molecule has 1 saturated heterocycles. The molecule has 0 amide bonds. The van der Waals surface area contributed by atoms with Gasteiger partial charge in [-0.2, -0.15) is 0 Å². The van der Waals surface area contributed by atoms with E-state index >= 15 is 0 Å². The second-order valence-electron chi connectivity index (χ2n) is 7.11. The number of hydrogen-bond donors (Lipinski definition) is 1. The van der Waals surface area contributed by atoms with Crippen molar-refractivity contribution < 1.29 is 5.11 Å². The van der Waals surface area contributed by atoms with Crippen molar-refractivity contribution in [1.82, 2.24) is 4.90 Å². The van der Waals surface area contributed by atoms with Crippen molar-refractivity contribution in [3.05, 3.63) is 34.9 Å². The van der Waals surface area contributed by atoms with Crippen molar-refractivity contribution in [1.29, 1.82) is 0 Å². The number of benzene rings is 1. The Labute approximate surface area is 134 Å². The summed E-state index contributed by atoms with van der Waals surface area (Å²) in [6.45, 7) is 9.53. The van der Waals surface area contributed by atoms with E-state index in [1.54, 1.807) is 0 Å². The fourth-order valence-electron chi connectivity index (χ4n) is 3.46. The molecule has 21 heavy (non-hydrogen) atoms. The zero-order valence-electron chi connectivity index (χ0n) is 13.5. The minimum absolute atomic E-state index is 0.151. The van der Waals surface area contributed by atoms with Crippen LogP contribution >= 0.6 is 11.6 Å². The van der Waals surface area contributed by atoms with Gasteiger partial charge in [0.2, 0.25) is 0 Å². The summed E-state index contributed by atoms with van der Waals surface area (Å²) in [5.41, 5.74) is 1.50. The molecule has 1 fully saturated rings. The van der Waals surface area contributed by atoms with Gasteiger partial charge in [0.05, 0.1) is 0 Å². The van der Waals surface area contributed by atoms with E-state index in [-0.39, 0.29) is 5.41 Å². The maximum absolute atomic E-state index is 9.24. The highest BCUT2D eigenvalue weighted by molar-refractivity contribution is 6.30. The summed E-state index contributed by atoms with van der Waals surface area (Å²) in [6.07, 6.45) is 3.39. The van der Waals surface area contributed by atoms with Crippen molar-refractivity contribution in [3.63, 3.8) is 0 Å². The number of nitrogens with zero attached hydrogens (tertiary/aromatic N) is 1. The van der Waals surface area contributed by atoms with E-state index in [9.17, 15) is 5.11 Å². The molecule has 1 aliphatic rings. The van der Waals surface area contributed by atoms with Gasteiger partial charge >= 0.3 is 0 Å². The monoisotopic (exact) mass is 309 g/mol.